The van der Waals surface area contributed by atoms with Gasteiger partial charge in [-0.15, -0.1) is 0 Å². The van der Waals surface area contributed by atoms with Crippen LogP contribution in [0.15, 0.2) is 30.4 Å². The zero-order valence-electron chi connectivity index (χ0n) is 15.2. The number of hydrogen-bond acceptors (Lipinski definition) is 2. The molecule has 0 aromatic heterocycles. The van der Waals surface area contributed by atoms with E-state index in [0.29, 0.717) is 5.92 Å². The molecule has 23 heavy (non-hydrogen) atoms. The van der Waals surface area contributed by atoms with Gasteiger partial charge in [-0.1, -0.05) is 30.4 Å². The molecule has 0 N–H and O–H groups in total. The van der Waals surface area contributed by atoms with E-state index in [2.05, 4.69) is 59.4 Å². The third-order valence-electron chi connectivity index (χ3n) is 5.89. The summed E-state index contributed by atoms with van der Waals surface area (Å²) in [4.78, 5) is 0. The van der Waals surface area contributed by atoms with Gasteiger partial charge in [0.15, 0.2) is 0 Å². The van der Waals surface area contributed by atoms with Gasteiger partial charge in [0.25, 0.3) is 0 Å². The summed E-state index contributed by atoms with van der Waals surface area (Å²) in [7, 11) is -0.272. The van der Waals surface area contributed by atoms with E-state index in [9.17, 15) is 0 Å². The summed E-state index contributed by atoms with van der Waals surface area (Å²) in [6.07, 6.45) is 4.82. The molecule has 1 aliphatic heterocycles. The van der Waals surface area contributed by atoms with Gasteiger partial charge in [0.1, 0.15) is 0 Å². The number of aryl methyl sites for hydroxylation is 1. The van der Waals surface area contributed by atoms with Crippen molar-refractivity contribution >= 4 is 12.6 Å². The third-order valence-corrected chi connectivity index (χ3v) is 5.89. The first kappa shape index (κ1) is 16.8. The van der Waals surface area contributed by atoms with Crippen LogP contribution in [0.4, 0.5) is 0 Å². The maximum absolute atomic E-state index is 6.21. The fourth-order valence-electron chi connectivity index (χ4n) is 3.64. The summed E-state index contributed by atoms with van der Waals surface area (Å²) in [6.45, 7) is 14.8. The lowest BCUT2D eigenvalue weighted by Crippen LogP contribution is -2.41. The van der Waals surface area contributed by atoms with Crippen LogP contribution in [0.3, 0.4) is 0 Å². The maximum Gasteiger partial charge on any atom is 0.494 e. The highest BCUT2D eigenvalue weighted by Gasteiger charge is 2.51. The van der Waals surface area contributed by atoms with Gasteiger partial charge in [0.2, 0.25) is 0 Å². The van der Waals surface area contributed by atoms with E-state index < -0.39 is 0 Å². The summed E-state index contributed by atoms with van der Waals surface area (Å²) in [5, 5.41) is 0. The molecule has 3 rings (SSSR count). The first-order valence-electron chi connectivity index (χ1n) is 8.82. The summed E-state index contributed by atoms with van der Waals surface area (Å²) < 4.78 is 12.4. The molecule has 0 bridgehead atoms. The van der Waals surface area contributed by atoms with Gasteiger partial charge in [-0.05, 0) is 82.8 Å². The van der Waals surface area contributed by atoms with Crippen LogP contribution in [0.2, 0.25) is 0 Å². The van der Waals surface area contributed by atoms with Crippen molar-refractivity contribution in [3.63, 3.8) is 0 Å². The lowest BCUT2D eigenvalue weighted by Gasteiger charge is -2.32. The minimum Gasteiger partial charge on any atom is -0.399 e. The maximum atomic E-state index is 6.21. The topological polar surface area (TPSA) is 18.5 Å². The smallest absolute Gasteiger partial charge is 0.399 e. The zero-order valence-corrected chi connectivity index (χ0v) is 15.2. The van der Waals surface area contributed by atoms with Crippen LogP contribution in [-0.4, -0.2) is 18.3 Å². The van der Waals surface area contributed by atoms with Gasteiger partial charge in [-0.3, -0.25) is 0 Å². The number of benzene rings is 1. The molecular formula is C20H29BO2. The SMILES string of the molecule is C=C1CCCC(c2cc(B3OC(C)(C)C(C)(C)O3)ccc2C)C1. The molecule has 2 fully saturated rings. The van der Waals surface area contributed by atoms with Crippen molar-refractivity contribution in [3.05, 3.63) is 41.5 Å². The molecule has 2 aliphatic rings. The number of rotatable bonds is 2. The molecular weight excluding hydrogens is 283 g/mol. The highest BCUT2D eigenvalue weighted by molar-refractivity contribution is 6.62. The van der Waals surface area contributed by atoms with Crippen LogP contribution < -0.4 is 5.46 Å². The van der Waals surface area contributed by atoms with Crippen LogP contribution in [0.1, 0.15) is 70.4 Å². The first-order valence-corrected chi connectivity index (χ1v) is 8.82. The molecule has 0 amide bonds. The molecule has 1 saturated heterocycles. The van der Waals surface area contributed by atoms with Crippen molar-refractivity contribution in [2.45, 2.75) is 77.4 Å². The molecule has 1 aromatic rings. The van der Waals surface area contributed by atoms with E-state index >= 15 is 0 Å². The minimum atomic E-state index is -0.290. The van der Waals surface area contributed by atoms with E-state index in [1.807, 2.05) is 0 Å². The molecule has 2 nitrogen and oxygen atoms in total. The van der Waals surface area contributed by atoms with Crippen molar-refractivity contribution in [1.29, 1.82) is 0 Å². The van der Waals surface area contributed by atoms with Crippen LogP contribution in [-0.2, 0) is 9.31 Å². The second-order valence-corrected chi connectivity index (χ2v) is 8.25. The quantitative estimate of drug-likeness (QED) is 0.591. The van der Waals surface area contributed by atoms with Crippen molar-refractivity contribution < 1.29 is 9.31 Å². The summed E-state index contributed by atoms with van der Waals surface area (Å²) in [6, 6.07) is 6.67. The van der Waals surface area contributed by atoms with Crippen molar-refractivity contribution in [1.82, 2.24) is 0 Å². The largest absolute Gasteiger partial charge is 0.494 e. The van der Waals surface area contributed by atoms with Gasteiger partial charge >= 0.3 is 7.12 Å². The fraction of sp³-hybridized carbons (Fsp3) is 0.600. The summed E-state index contributed by atoms with van der Waals surface area (Å²) in [5.74, 6) is 0.596. The van der Waals surface area contributed by atoms with E-state index in [1.54, 1.807) is 0 Å². The van der Waals surface area contributed by atoms with Gasteiger partial charge in [0.05, 0.1) is 11.2 Å². The zero-order chi connectivity index (χ0) is 16.8. The van der Waals surface area contributed by atoms with E-state index in [-0.39, 0.29) is 18.3 Å². The van der Waals surface area contributed by atoms with Gasteiger partial charge < -0.3 is 9.31 Å². The van der Waals surface area contributed by atoms with E-state index in [0.717, 1.165) is 11.9 Å². The highest BCUT2D eigenvalue weighted by Crippen LogP contribution is 2.38. The molecule has 0 radical (unpaired) electrons. The average molecular weight is 312 g/mol. The fourth-order valence-corrected chi connectivity index (χ4v) is 3.64. The predicted octanol–water partition coefficient (Wildman–Crippen LogP) is 4.51. The molecule has 1 aliphatic carbocycles. The molecule has 1 unspecified atom stereocenters. The Morgan fingerprint density at radius 3 is 2.39 bits per heavy atom. The summed E-state index contributed by atoms with van der Waals surface area (Å²) in [5.41, 5.74) is 4.76. The predicted molar refractivity (Wildman–Crippen MR) is 97.2 cm³/mol. The Balaban J connectivity index is 1.88. The monoisotopic (exact) mass is 312 g/mol. The van der Waals surface area contributed by atoms with Crippen LogP contribution in [0.25, 0.3) is 0 Å². The third kappa shape index (κ3) is 3.14. The Kier molecular flexibility index (Phi) is 4.22. The molecule has 3 heteroatoms. The molecule has 1 aromatic carbocycles. The second kappa shape index (κ2) is 5.79. The standard InChI is InChI=1S/C20H29BO2/c1-14-8-7-9-16(12-14)18-13-17(11-10-15(18)2)21-22-19(3,4)20(5,6)23-21/h10-11,13,16H,1,7-9,12H2,2-6H3. The van der Waals surface area contributed by atoms with Gasteiger partial charge in [-0.2, -0.15) is 0 Å². The number of hydrogen-bond donors (Lipinski definition) is 0. The minimum absolute atomic E-state index is 0.272. The molecule has 1 atom stereocenters. The van der Waals surface area contributed by atoms with Crippen molar-refractivity contribution in [3.8, 4) is 0 Å². The van der Waals surface area contributed by atoms with Gasteiger partial charge in [-0.25, -0.2) is 0 Å². The van der Waals surface area contributed by atoms with Crippen LogP contribution in [0.5, 0.6) is 0 Å². The van der Waals surface area contributed by atoms with Crippen LogP contribution >= 0.6 is 0 Å². The second-order valence-electron chi connectivity index (χ2n) is 8.25. The van der Waals surface area contributed by atoms with E-state index in [4.69, 9.17) is 9.31 Å². The van der Waals surface area contributed by atoms with Crippen LogP contribution in [0, 0.1) is 6.92 Å². The molecule has 124 valence electrons. The van der Waals surface area contributed by atoms with E-state index in [1.165, 1.54) is 36.0 Å². The van der Waals surface area contributed by atoms with Crippen molar-refractivity contribution in [2.75, 3.05) is 0 Å². The number of allylic oxidation sites excluding steroid dienone is 1. The Labute approximate surface area is 141 Å². The Hall–Kier alpha value is -1.06. The van der Waals surface area contributed by atoms with Gasteiger partial charge in [0, 0.05) is 0 Å². The summed E-state index contributed by atoms with van der Waals surface area (Å²) >= 11 is 0. The lowest BCUT2D eigenvalue weighted by molar-refractivity contribution is 0.00578. The lowest BCUT2D eigenvalue weighted by atomic mass is 9.74. The Bertz CT molecular complexity index is 602. The normalized spacial score (nSPS) is 26.6. The average Bonchev–Trinajstić information content (AvgIpc) is 2.68. The Morgan fingerprint density at radius 2 is 1.78 bits per heavy atom. The molecule has 0 spiro atoms. The van der Waals surface area contributed by atoms with Crippen molar-refractivity contribution in [2.24, 2.45) is 0 Å². The Morgan fingerprint density at radius 1 is 1.13 bits per heavy atom. The highest BCUT2D eigenvalue weighted by atomic mass is 16.7. The molecule has 1 saturated carbocycles. The molecule has 1 heterocycles. The first-order chi connectivity index (χ1) is 10.7.